The lowest BCUT2D eigenvalue weighted by atomic mass is 10.1. The fraction of sp³-hybridized carbons (Fsp3) is 0.227. The van der Waals surface area contributed by atoms with Gasteiger partial charge in [0, 0.05) is 29.2 Å². The summed E-state index contributed by atoms with van der Waals surface area (Å²) >= 11 is 5.94. The highest BCUT2D eigenvalue weighted by Gasteiger charge is 2.28. The van der Waals surface area contributed by atoms with Gasteiger partial charge in [0.15, 0.2) is 0 Å². The smallest absolute Gasteiger partial charge is 0.272 e. The molecule has 0 unspecified atom stereocenters. The quantitative estimate of drug-likeness (QED) is 0.660. The molecule has 0 radical (unpaired) electrons. The number of methoxy groups -OCH3 is 1. The lowest BCUT2D eigenvalue weighted by Gasteiger charge is -2.26. The van der Waals surface area contributed by atoms with E-state index in [2.05, 4.69) is 10.4 Å². The number of ether oxygens (including phenoxy) is 1. The second kappa shape index (κ2) is 8.59. The van der Waals surface area contributed by atoms with E-state index in [0.29, 0.717) is 41.8 Å². The number of halogens is 1. The molecule has 4 rings (SSSR count). The maximum Gasteiger partial charge on any atom is 0.272 e. The van der Waals surface area contributed by atoms with Crippen molar-refractivity contribution in [2.24, 2.45) is 0 Å². The average Bonchev–Trinajstić information content (AvgIpc) is 3.20. The molecule has 1 aliphatic heterocycles. The summed E-state index contributed by atoms with van der Waals surface area (Å²) in [6.07, 6.45) is 0. The van der Waals surface area contributed by atoms with Gasteiger partial charge in [-0.3, -0.25) is 14.3 Å². The van der Waals surface area contributed by atoms with Crippen molar-refractivity contribution in [3.63, 3.8) is 0 Å². The highest BCUT2D eigenvalue weighted by Crippen LogP contribution is 2.23. The molecule has 0 atom stereocenters. The highest BCUT2D eigenvalue weighted by atomic mass is 35.5. The standard InChI is InChI=1S/C22H21ClN4O3/c1-30-20-5-3-2-4-16(20)13-24-21(28)14-26-10-11-27-19(22(26)29)12-18(25-27)15-6-8-17(23)9-7-15/h2-9,12H,10-11,13-14H2,1H3,(H,24,28). The summed E-state index contributed by atoms with van der Waals surface area (Å²) in [7, 11) is 1.59. The molecule has 2 aromatic carbocycles. The molecule has 3 aromatic rings. The van der Waals surface area contributed by atoms with E-state index in [0.717, 1.165) is 11.1 Å². The molecular formula is C22H21ClN4O3. The normalized spacial score (nSPS) is 13.1. The summed E-state index contributed by atoms with van der Waals surface area (Å²) in [5, 5.41) is 8.02. The minimum absolute atomic E-state index is 0.00452. The second-order valence-corrected chi connectivity index (χ2v) is 7.40. The summed E-state index contributed by atoms with van der Waals surface area (Å²) in [5.74, 6) is 0.284. The summed E-state index contributed by atoms with van der Waals surface area (Å²) in [6.45, 7) is 1.29. The number of para-hydroxylation sites is 1. The lowest BCUT2D eigenvalue weighted by molar-refractivity contribution is -0.122. The van der Waals surface area contributed by atoms with Gasteiger partial charge in [0.05, 0.1) is 25.9 Å². The van der Waals surface area contributed by atoms with Gasteiger partial charge in [-0.1, -0.05) is 41.9 Å². The van der Waals surface area contributed by atoms with Crippen LogP contribution in [0.5, 0.6) is 5.75 Å². The van der Waals surface area contributed by atoms with Gasteiger partial charge in [-0.25, -0.2) is 0 Å². The molecule has 0 fully saturated rings. The van der Waals surface area contributed by atoms with Crippen LogP contribution in [0.15, 0.2) is 54.6 Å². The number of fused-ring (bicyclic) bond motifs is 1. The Morgan fingerprint density at radius 2 is 1.93 bits per heavy atom. The van der Waals surface area contributed by atoms with E-state index in [1.807, 2.05) is 36.4 Å². The van der Waals surface area contributed by atoms with E-state index >= 15 is 0 Å². The van der Waals surface area contributed by atoms with Crippen molar-refractivity contribution >= 4 is 23.4 Å². The molecule has 0 aliphatic carbocycles. The van der Waals surface area contributed by atoms with Crippen molar-refractivity contribution in [3.8, 4) is 17.0 Å². The average molecular weight is 425 g/mol. The van der Waals surface area contributed by atoms with Gasteiger partial charge in [-0.2, -0.15) is 5.10 Å². The minimum Gasteiger partial charge on any atom is -0.496 e. The molecule has 0 saturated carbocycles. The molecule has 30 heavy (non-hydrogen) atoms. The number of nitrogens with zero attached hydrogens (tertiary/aromatic N) is 3. The van der Waals surface area contributed by atoms with Crippen LogP contribution in [0.2, 0.25) is 5.02 Å². The maximum absolute atomic E-state index is 12.9. The van der Waals surface area contributed by atoms with E-state index in [-0.39, 0.29) is 18.4 Å². The van der Waals surface area contributed by atoms with Crippen LogP contribution >= 0.6 is 11.6 Å². The van der Waals surface area contributed by atoms with Crippen molar-refractivity contribution in [1.82, 2.24) is 20.0 Å². The van der Waals surface area contributed by atoms with Crippen molar-refractivity contribution in [1.29, 1.82) is 0 Å². The van der Waals surface area contributed by atoms with Crippen LogP contribution < -0.4 is 10.1 Å². The van der Waals surface area contributed by atoms with Gasteiger partial charge < -0.3 is 15.0 Å². The number of aromatic nitrogens is 2. The molecule has 0 saturated heterocycles. The number of hydrogen-bond donors (Lipinski definition) is 1. The van der Waals surface area contributed by atoms with Crippen LogP contribution in [0.4, 0.5) is 0 Å². The van der Waals surface area contributed by atoms with Gasteiger partial charge in [0.1, 0.15) is 11.4 Å². The Morgan fingerprint density at radius 3 is 2.70 bits per heavy atom. The monoisotopic (exact) mass is 424 g/mol. The zero-order valence-electron chi connectivity index (χ0n) is 16.5. The Labute approximate surface area is 179 Å². The summed E-state index contributed by atoms with van der Waals surface area (Å²) in [5.41, 5.74) is 2.94. The number of carbonyl (C=O) groups excluding carboxylic acids is 2. The topological polar surface area (TPSA) is 76.5 Å². The summed E-state index contributed by atoms with van der Waals surface area (Å²) in [4.78, 5) is 26.8. The molecule has 1 aromatic heterocycles. The molecule has 1 N–H and O–H groups in total. The van der Waals surface area contributed by atoms with Gasteiger partial charge in [0.2, 0.25) is 5.91 Å². The zero-order chi connectivity index (χ0) is 21.1. The Balaban J connectivity index is 1.41. The van der Waals surface area contributed by atoms with E-state index < -0.39 is 0 Å². The molecule has 0 spiro atoms. The Hall–Kier alpha value is -3.32. The first-order chi connectivity index (χ1) is 14.5. The predicted molar refractivity (Wildman–Crippen MR) is 113 cm³/mol. The highest BCUT2D eigenvalue weighted by molar-refractivity contribution is 6.30. The van der Waals surface area contributed by atoms with E-state index in [1.165, 1.54) is 0 Å². The molecule has 8 heteroatoms. The number of carbonyl (C=O) groups is 2. The van der Waals surface area contributed by atoms with Gasteiger partial charge in [-0.15, -0.1) is 0 Å². The van der Waals surface area contributed by atoms with Gasteiger partial charge in [0.25, 0.3) is 5.91 Å². The van der Waals surface area contributed by atoms with Crippen molar-refractivity contribution in [2.75, 3.05) is 20.2 Å². The van der Waals surface area contributed by atoms with Crippen molar-refractivity contribution in [3.05, 3.63) is 70.9 Å². The van der Waals surface area contributed by atoms with Gasteiger partial charge in [-0.05, 0) is 24.3 Å². The molecular weight excluding hydrogens is 404 g/mol. The molecule has 7 nitrogen and oxygen atoms in total. The van der Waals surface area contributed by atoms with Crippen LogP contribution in [-0.4, -0.2) is 46.7 Å². The summed E-state index contributed by atoms with van der Waals surface area (Å²) < 4.78 is 6.99. The first kappa shape index (κ1) is 20.0. The third-order valence-corrected chi connectivity index (χ3v) is 5.26. The first-order valence-electron chi connectivity index (χ1n) is 9.57. The van der Waals surface area contributed by atoms with Crippen molar-refractivity contribution in [2.45, 2.75) is 13.1 Å². The molecule has 1 aliphatic rings. The van der Waals surface area contributed by atoms with Crippen LogP contribution in [0.25, 0.3) is 11.3 Å². The fourth-order valence-electron chi connectivity index (χ4n) is 3.42. The number of amides is 2. The third kappa shape index (κ3) is 4.16. The SMILES string of the molecule is COc1ccccc1CNC(=O)CN1CCn2nc(-c3ccc(Cl)cc3)cc2C1=O. The largest absolute Gasteiger partial charge is 0.496 e. The van der Waals surface area contributed by atoms with E-state index in [4.69, 9.17) is 16.3 Å². The fourth-order valence-corrected chi connectivity index (χ4v) is 3.55. The summed E-state index contributed by atoms with van der Waals surface area (Å²) in [6, 6.07) is 16.6. The number of rotatable bonds is 6. The number of nitrogens with one attached hydrogen (secondary N) is 1. The zero-order valence-corrected chi connectivity index (χ0v) is 17.2. The second-order valence-electron chi connectivity index (χ2n) is 6.96. The van der Waals surface area contributed by atoms with Crippen LogP contribution in [0.1, 0.15) is 16.1 Å². The lowest BCUT2D eigenvalue weighted by Crippen LogP contribution is -2.45. The van der Waals surface area contributed by atoms with E-state index in [1.54, 1.807) is 34.9 Å². The first-order valence-corrected chi connectivity index (χ1v) is 9.94. The Morgan fingerprint density at radius 1 is 1.17 bits per heavy atom. The predicted octanol–water partition coefficient (Wildman–Crippen LogP) is 2.98. The molecule has 0 bridgehead atoms. The molecule has 154 valence electrons. The van der Waals surface area contributed by atoms with Crippen molar-refractivity contribution < 1.29 is 14.3 Å². The molecule has 2 heterocycles. The van der Waals surface area contributed by atoms with Gasteiger partial charge >= 0.3 is 0 Å². The maximum atomic E-state index is 12.9. The minimum atomic E-state index is -0.222. The Bertz CT molecular complexity index is 1080. The number of benzene rings is 2. The Kier molecular flexibility index (Phi) is 5.72. The van der Waals surface area contributed by atoms with Crippen LogP contribution in [0, 0.1) is 0 Å². The molecule has 2 amide bonds. The van der Waals surface area contributed by atoms with Crippen LogP contribution in [-0.2, 0) is 17.9 Å². The third-order valence-electron chi connectivity index (χ3n) is 5.01. The van der Waals surface area contributed by atoms with E-state index in [9.17, 15) is 9.59 Å². The van der Waals surface area contributed by atoms with Crippen LogP contribution in [0.3, 0.4) is 0 Å². The number of hydrogen-bond acceptors (Lipinski definition) is 4.